The molecule has 0 heterocycles. The molecular weight excluding hydrogens is 460 g/mol. The molecule has 0 N–H and O–H groups in total. The third kappa shape index (κ3) is 5.49. The van der Waals surface area contributed by atoms with E-state index in [0.29, 0.717) is 5.41 Å². The second-order valence-corrected chi connectivity index (χ2v) is 9.79. The van der Waals surface area contributed by atoms with E-state index < -0.39 is 0 Å². The summed E-state index contributed by atoms with van der Waals surface area (Å²) in [5.74, 6) is 0.871. The summed E-state index contributed by atoms with van der Waals surface area (Å²) in [7, 11) is 1.71. The van der Waals surface area contributed by atoms with Gasteiger partial charge in [-0.2, -0.15) is 23.3 Å². The van der Waals surface area contributed by atoms with Gasteiger partial charge in [0, 0.05) is 10.8 Å². The second-order valence-electron chi connectivity index (χ2n) is 9.36. The molecule has 0 aliphatic heterocycles. The Hall–Kier alpha value is -2.19. The molecule has 3 heteroatoms. The van der Waals surface area contributed by atoms with Gasteiger partial charge < -0.3 is 4.74 Å². The van der Waals surface area contributed by atoms with Crippen molar-refractivity contribution in [3.8, 4) is 28.0 Å². The number of hydrogen-bond acceptors (Lipinski definition) is 1. The minimum Gasteiger partial charge on any atom is -0.539 e. The maximum absolute atomic E-state index is 6.16. The van der Waals surface area contributed by atoms with Crippen LogP contribution >= 0.6 is 11.6 Å². The van der Waals surface area contributed by atoms with Crippen molar-refractivity contribution in [1.82, 2.24) is 0 Å². The molecule has 0 aromatic heterocycles. The Kier molecular flexibility index (Phi) is 8.01. The number of rotatable bonds is 2. The Morgan fingerprint density at radius 1 is 1.03 bits per heavy atom. The first-order chi connectivity index (χ1) is 15.3. The van der Waals surface area contributed by atoms with Gasteiger partial charge >= 0.3 is 21.7 Å². The van der Waals surface area contributed by atoms with Crippen LogP contribution in [0.4, 0.5) is 0 Å². The number of fused-ring (bicyclic) bond motifs is 3. The van der Waals surface area contributed by atoms with E-state index in [4.69, 9.17) is 16.3 Å². The number of benzene rings is 3. The average molecular weight is 489 g/mol. The topological polar surface area (TPSA) is 9.23 Å². The van der Waals surface area contributed by atoms with Crippen molar-refractivity contribution in [2.75, 3.05) is 7.11 Å². The van der Waals surface area contributed by atoms with E-state index in [9.17, 15) is 0 Å². The Morgan fingerprint density at radius 3 is 2.33 bits per heavy atom. The Balaban J connectivity index is 0.000000237. The largest absolute Gasteiger partial charge is 2.00 e. The summed E-state index contributed by atoms with van der Waals surface area (Å²) in [6.45, 7) is 8.85. The molecule has 0 saturated heterocycles. The molecule has 0 radical (unpaired) electrons. The summed E-state index contributed by atoms with van der Waals surface area (Å²) in [5.41, 5.74) is 10.3. The molecule has 0 spiro atoms. The first-order valence-corrected chi connectivity index (χ1v) is 11.4. The zero-order valence-corrected chi connectivity index (χ0v) is 22.2. The van der Waals surface area contributed by atoms with Crippen LogP contribution in [0, 0.1) is 13.0 Å². The minimum absolute atomic E-state index is 0. The van der Waals surface area contributed by atoms with Gasteiger partial charge in [0.2, 0.25) is 0 Å². The van der Waals surface area contributed by atoms with Gasteiger partial charge in [0.1, 0.15) is 0 Å². The molecular formula is C30H29ClOTi. The van der Waals surface area contributed by atoms with E-state index >= 15 is 0 Å². The van der Waals surface area contributed by atoms with Crippen molar-refractivity contribution in [1.29, 1.82) is 0 Å². The van der Waals surface area contributed by atoms with Gasteiger partial charge in [-0.05, 0) is 29.7 Å². The van der Waals surface area contributed by atoms with E-state index in [-0.39, 0.29) is 21.7 Å². The third-order valence-corrected chi connectivity index (χ3v) is 6.19. The van der Waals surface area contributed by atoms with Crippen molar-refractivity contribution < 1.29 is 26.5 Å². The van der Waals surface area contributed by atoms with Crippen LogP contribution in [-0.4, -0.2) is 7.11 Å². The SMILES string of the molecule is COc1c[c-]c(-c2ccccc2)c2c1-c1ccc(Cl)cc1C2.C[c-]1ccc(C(C)(C)C)c1.[Ti+2]. The van der Waals surface area contributed by atoms with Gasteiger partial charge in [0.15, 0.2) is 0 Å². The first-order valence-electron chi connectivity index (χ1n) is 11.0. The van der Waals surface area contributed by atoms with Gasteiger partial charge in [-0.1, -0.05) is 92.2 Å². The molecule has 0 fully saturated rings. The van der Waals surface area contributed by atoms with Crippen LogP contribution in [-0.2, 0) is 33.6 Å². The Labute approximate surface area is 218 Å². The fourth-order valence-electron chi connectivity index (χ4n) is 4.24. The minimum atomic E-state index is 0. The zero-order chi connectivity index (χ0) is 22.9. The summed E-state index contributed by atoms with van der Waals surface area (Å²) in [4.78, 5) is 0. The summed E-state index contributed by atoms with van der Waals surface area (Å²) in [5, 5.41) is 0.774. The fraction of sp³-hybridized carbons (Fsp3) is 0.233. The molecule has 0 saturated carbocycles. The molecule has 0 bridgehead atoms. The number of methoxy groups -OCH3 is 1. The van der Waals surface area contributed by atoms with Gasteiger partial charge in [0.25, 0.3) is 0 Å². The van der Waals surface area contributed by atoms with Crippen LogP contribution in [0.2, 0.25) is 5.02 Å². The molecule has 33 heavy (non-hydrogen) atoms. The van der Waals surface area contributed by atoms with E-state index in [1.165, 1.54) is 38.9 Å². The predicted molar refractivity (Wildman–Crippen MR) is 136 cm³/mol. The quantitative estimate of drug-likeness (QED) is 0.179. The number of aryl methyl sites for hydroxylation is 1. The normalized spacial score (nSPS) is 11.6. The average Bonchev–Trinajstić information content (AvgIpc) is 3.37. The zero-order valence-electron chi connectivity index (χ0n) is 19.9. The maximum Gasteiger partial charge on any atom is 2.00 e. The third-order valence-electron chi connectivity index (χ3n) is 5.96. The molecule has 4 aromatic carbocycles. The first kappa shape index (κ1) is 25.4. The summed E-state index contributed by atoms with van der Waals surface area (Å²) < 4.78 is 5.57. The monoisotopic (exact) mass is 488 g/mol. The van der Waals surface area contributed by atoms with Gasteiger partial charge in [-0.25, -0.2) is 6.07 Å². The van der Waals surface area contributed by atoms with Crippen molar-refractivity contribution >= 4 is 11.6 Å². The standard InChI is InChI=1S/C20H14ClO.C10H15.Ti/c1-22-19-10-9-16(13-5-3-2-4-6-13)18-12-14-11-15(21)7-8-17(14)20(18)19;1-8-5-6-9(7-8)10(2,3)4;/h2-8,10-11H,12H2,1H3;5-7H,1-4H3;/q2*-1;+2. The molecule has 5 rings (SSSR count). The van der Waals surface area contributed by atoms with Crippen LogP contribution < -0.4 is 4.74 Å². The van der Waals surface area contributed by atoms with Crippen molar-refractivity contribution in [2.24, 2.45) is 0 Å². The van der Waals surface area contributed by atoms with Gasteiger partial charge in [-0.3, -0.25) is 0 Å². The van der Waals surface area contributed by atoms with Crippen molar-refractivity contribution in [3.05, 3.63) is 106 Å². The number of halogens is 1. The van der Waals surface area contributed by atoms with Crippen LogP contribution in [0.5, 0.6) is 5.75 Å². The molecule has 0 atom stereocenters. The van der Waals surface area contributed by atoms with E-state index in [1.807, 2.05) is 24.3 Å². The second kappa shape index (κ2) is 10.4. The molecule has 0 unspecified atom stereocenters. The smallest absolute Gasteiger partial charge is 0.539 e. The maximum atomic E-state index is 6.16. The van der Waals surface area contributed by atoms with Crippen LogP contribution in [0.3, 0.4) is 0 Å². The molecule has 1 aliphatic carbocycles. The van der Waals surface area contributed by atoms with Crippen LogP contribution in [0.15, 0.2) is 72.8 Å². The van der Waals surface area contributed by atoms with E-state index in [2.05, 4.69) is 82.3 Å². The number of ether oxygens (including phenoxy) is 1. The van der Waals surface area contributed by atoms with Crippen LogP contribution in [0.1, 0.15) is 43.0 Å². The van der Waals surface area contributed by atoms with E-state index in [1.54, 1.807) is 7.11 Å². The van der Waals surface area contributed by atoms with Crippen molar-refractivity contribution in [2.45, 2.75) is 39.5 Å². The molecule has 0 amide bonds. The van der Waals surface area contributed by atoms with Gasteiger partial charge in [-0.15, -0.1) is 23.3 Å². The Morgan fingerprint density at radius 2 is 1.76 bits per heavy atom. The van der Waals surface area contributed by atoms with Crippen molar-refractivity contribution in [3.63, 3.8) is 0 Å². The molecule has 1 aliphatic rings. The molecule has 1 nitrogen and oxygen atoms in total. The summed E-state index contributed by atoms with van der Waals surface area (Å²) in [6, 6.07) is 28.4. The predicted octanol–water partition coefficient (Wildman–Crippen LogP) is 8.40. The van der Waals surface area contributed by atoms with Gasteiger partial charge in [0.05, 0.1) is 7.11 Å². The van der Waals surface area contributed by atoms with Crippen LogP contribution in [0.25, 0.3) is 22.3 Å². The summed E-state index contributed by atoms with van der Waals surface area (Å²) in [6.07, 6.45) is 0.864. The fourth-order valence-corrected chi connectivity index (χ4v) is 4.43. The van der Waals surface area contributed by atoms with E-state index in [0.717, 1.165) is 22.8 Å². The molecule has 4 aromatic rings. The Bertz CT molecular complexity index is 1230. The molecule has 166 valence electrons. The number of hydrogen-bond donors (Lipinski definition) is 0. The summed E-state index contributed by atoms with van der Waals surface area (Å²) >= 11 is 6.16.